The summed E-state index contributed by atoms with van der Waals surface area (Å²) in [5.41, 5.74) is 2.77. The Morgan fingerprint density at radius 2 is 2.07 bits per heavy atom. The van der Waals surface area contributed by atoms with E-state index >= 15 is 0 Å². The van der Waals surface area contributed by atoms with Crippen molar-refractivity contribution >= 4 is 12.6 Å². The second kappa shape index (κ2) is 4.35. The van der Waals surface area contributed by atoms with Crippen molar-refractivity contribution in [2.75, 3.05) is 7.11 Å². The van der Waals surface area contributed by atoms with Gasteiger partial charge in [0.2, 0.25) is 0 Å². The minimum atomic E-state index is -1.39. The second-order valence-electron chi connectivity index (χ2n) is 4.09. The fraction of sp³-hybridized carbons (Fsp3) is 0.455. The van der Waals surface area contributed by atoms with E-state index in [0.717, 1.165) is 5.56 Å². The molecular formula is C11H15BO3. The highest BCUT2D eigenvalue weighted by molar-refractivity contribution is 6.58. The maximum Gasteiger partial charge on any atom is 0.488 e. The zero-order valence-electron chi connectivity index (χ0n) is 8.81. The molecule has 0 heterocycles. The molecule has 1 saturated carbocycles. The molecule has 0 unspecified atom stereocenters. The second-order valence-corrected chi connectivity index (χ2v) is 4.09. The van der Waals surface area contributed by atoms with Crippen LogP contribution in [-0.4, -0.2) is 24.3 Å². The van der Waals surface area contributed by atoms with Crippen molar-refractivity contribution in [3.8, 4) is 0 Å². The van der Waals surface area contributed by atoms with E-state index in [1.165, 1.54) is 18.4 Å². The van der Waals surface area contributed by atoms with Gasteiger partial charge in [-0.15, -0.1) is 0 Å². The molecule has 1 aromatic rings. The number of hydrogen-bond acceptors (Lipinski definition) is 3. The van der Waals surface area contributed by atoms with E-state index in [9.17, 15) is 0 Å². The van der Waals surface area contributed by atoms with Gasteiger partial charge in [0.05, 0.1) is 6.61 Å². The molecule has 0 spiro atoms. The van der Waals surface area contributed by atoms with Gasteiger partial charge in [-0.05, 0) is 35.3 Å². The molecule has 0 radical (unpaired) electrons. The molecule has 0 aromatic heterocycles. The fourth-order valence-corrected chi connectivity index (χ4v) is 1.80. The van der Waals surface area contributed by atoms with Crippen molar-refractivity contribution < 1.29 is 14.8 Å². The van der Waals surface area contributed by atoms with Crippen LogP contribution in [0.15, 0.2) is 18.2 Å². The summed E-state index contributed by atoms with van der Waals surface area (Å²) >= 11 is 0. The Kier molecular flexibility index (Phi) is 3.10. The van der Waals surface area contributed by atoms with Crippen molar-refractivity contribution in [2.24, 2.45) is 0 Å². The Labute approximate surface area is 89.8 Å². The molecule has 4 heteroatoms. The van der Waals surface area contributed by atoms with Gasteiger partial charge in [0, 0.05) is 7.11 Å². The molecule has 0 amide bonds. The van der Waals surface area contributed by atoms with Crippen LogP contribution in [0.3, 0.4) is 0 Å². The van der Waals surface area contributed by atoms with Gasteiger partial charge in [0.15, 0.2) is 0 Å². The summed E-state index contributed by atoms with van der Waals surface area (Å²) in [5.74, 6) is 0.610. The molecule has 0 saturated heterocycles. The largest absolute Gasteiger partial charge is 0.488 e. The minimum Gasteiger partial charge on any atom is -0.423 e. The number of ether oxygens (including phenoxy) is 1. The van der Waals surface area contributed by atoms with Crippen LogP contribution in [0.2, 0.25) is 0 Å². The van der Waals surface area contributed by atoms with Gasteiger partial charge < -0.3 is 14.8 Å². The topological polar surface area (TPSA) is 49.7 Å². The number of methoxy groups -OCH3 is 1. The number of benzene rings is 1. The van der Waals surface area contributed by atoms with Crippen molar-refractivity contribution in [1.82, 2.24) is 0 Å². The molecule has 0 atom stereocenters. The first-order chi connectivity index (χ1) is 7.20. The van der Waals surface area contributed by atoms with Crippen LogP contribution in [0, 0.1) is 0 Å². The average molecular weight is 206 g/mol. The highest BCUT2D eigenvalue weighted by atomic mass is 16.5. The first-order valence-corrected chi connectivity index (χ1v) is 5.19. The predicted molar refractivity (Wildman–Crippen MR) is 59.0 cm³/mol. The summed E-state index contributed by atoms with van der Waals surface area (Å²) in [4.78, 5) is 0. The van der Waals surface area contributed by atoms with E-state index in [1.807, 2.05) is 6.07 Å². The predicted octanol–water partition coefficient (Wildman–Crippen LogP) is 0.390. The summed E-state index contributed by atoms with van der Waals surface area (Å²) in [6.45, 7) is 0.514. The fourth-order valence-electron chi connectivity index (χ4n) is 1.80. The Morgan fingerprint density at radius 1 is 1.33 bits per heavy atom. The lowest BCUT2D eigenvalue weighted by atomic mass is 9.78. The minimum absolute atomic E-state index is 0.514. The van der Waals surface area contributed by atoms with Gasteiger partial charge >= 0.3 is 7.12 Å². The molecule has 0 aliphatic heterocycles. The van der Waals surface area contributed by atoms with Gasteiger partial charge in [0.25, 0.3) is 0 Å². The molecule has 0 bridgehead atoms. The van der Waals surface area contributed by atoms with Gasteiger partial charge in [-0.25, -0.2) is 0 Å². The van der Waals surface area contributed by atoms with Crippen LogP contribution < -0.4 is 5.46 Å². The lowest BCUT2D eigenvalue weighted by molar-refractivity contribution is 0.185. The Morgan fingerprint density at radius 3 is 2.60 bits per heavy atom. The van der Waals surface area contributed by atoms with Crippen LogP contribution in [0.25, 0.3) is 0 Å². The molecule has 3 nitrogen and oxygen atoms in total. The van der Waals surface area contributed by atoms with E-state index in [-0.39, 0.29) is 0 Å². The normalized spacial score (nSPS) is 15.4. The van der Waals surface area contributed by atoms with Crippen molar-refractivity contribution in [1.29, 1.82) is 0 Å². The zero-order valence-corrected chi connectivity index (χ0v) is 8.81. The molecule has 2 rings (SSSR count). The summed E-state index contributed by atoms with van der Waals surface area (Å²) in [5, 5.41) is 18.3. The Hall–Kier alpha value is -0.835. The van der Waals surface area contributed by atoms with Gasteiger partial charge in [-0.3, -0.25) is 0 Å². The molecule has 1 aliphatic carbocycles. The molecule has 80 valence electrons. The number of rotatable bonds is 4. The van der Waals surface area contributed by atoms with E-state index in [0.29, 0.717) is 18.0 Å². The standard InChI is InChI=1S/C11H15BO3/c1-15-7-8-4-10(9-2-3-9)6-11(5-8)12(13)14/h4-6,9,13-14H,2-3,7H2,1H3. The van der Waals surface area contributed by atoms with E-state index in [1.54, 1.807) is 13.2 Å². The summed E-state index contributed by atoms with van der Waals surface area (Å²) in [6, 6.07) is 5.74. The lowest BCUT2D eigenvalue weighted by Crippen LogP contribution is -2.30. The highest BCUT2D eigenvalue weighted by Gasteiger charge is 2.25. The molecule has 15 heavy (non-hydrogen) atoms. The van der Waals surface area contributed by atoms with E-state index in [2.05, 4.69) is 6.07 Å². The van der Waals surface area contributed by atoms with Gasteiger partial charge in [-0.2, -0.15) is 0 Å². The van der Waals surface area contributed by atoms with Gasteiger partial charge in [-0.1, -0.05) is 18.2 Å². The third kappa shape index (κ3) is 2.59. The Bertz CT molecular complexity index is 327. The van der Waals surface area contributed by atoms with Crippen molar-refractivity contribution in [3.05, 3.63) is 29.3 Å². The van der Waals surface area contributed by atoms with E-state index in [4.69, 9.17) is 14.8 Å². The van der Waals surface area contributed by atoms with Crippen LogP contribution in [-0.2, 0) is 11.3 Å². The summed E-state index contributed by atoms with van der Waals surface area (Å²) in [7, 11) is 0.248. The van der Waals surface area contributed by atoms with Crippen molar-refractivity contribution in [3.63, 3.8) is 0 Å². The lowest BCUT2D eigenvalue weighted by Gasteiger charge is -2.08. The summed E-state index contributed by atoms with van der Waals surface area (Å²) in [6.07, 6.45) is 2.41. The highest BCUT2D eigenvalue weighted by Crippen LogP contribution is 2.39. The SMILES string of the molecule is COCc1cc(B(O)O)cc(C2CC2)c1. The zero-order chi connectivity index (χ0) is 10.8. The summed E-state index contributed by atoms with van der Waals surface area (Å²) < 4.78 is 5.05. The monoisotopic (exact) mass is 206 g/mol. The maximum atomic E-state index is 9.16. The smallest absolute Gasteiger partial charge is 0.423 e. The third-order valence-electron chi connectivity index (χ3n) is 2.70. The molecule has 1 fully saturated rings. The molecule has 1 aromatic carbocycles. The Balaban J connectivity index is 2.30. The third-order valence-corrected chi connectivity index (χ3v) is 2.70. The number of hydrogen-bond donors (Lipinski definition) is 2. The molecule has 2 N–H and O–H groups in total. The molecule has 1 aliphatic rings. The van der Waals surface area contributed by atoms with E-state index < -0.39 is 7.12 Å². The van der Waals surface area contributed by atoms with Crippen LogP contribution in [0.1, 0.15) is 29.9 Å². The molecular weight excluding hydrogens is 191 g/mol. The average Bonchev–Trinajstić information content (AvgIpc) is 3.01. The maximum absolute atomic E-state index is 9.16. The first-order valence-electron chi connectivity index (χ1n) is 5.19. The van der Waals surface area contributed by atoms with Gasteiger partial charge in [0.1, 0.15) is 0 Å². The first kappa shape index (κ1) is 10.7. The quantitative estimate of drug-likeness (QED) is 0.700. The van der Waals surface area contributed by atoms with Crippen molar-refractivity contribution in [2.45, 2.75) is 25.4 Å². The van der Waals surface area contributed by atoms with Crippen LogP contribution in [0.4, 0.5) is 0 Å². The van der Waals surface area contributed by atoms with Crippen LogP contribution in [0.5, 0.6) is 0 Å². The van der Waals surface area contributed by atoms with Crippen LogP contribution >= 0.6 is 0 Å².